The highest BCUT2D eigenvalue weighted by Gasteiger charge is 2.23. The second kappa shape index (κ2) is 5.02. The van der Waals surface area contributed by atoms with Crippen LogP contribution in [0.3, 0.4) is 0 Å². The van der Waals surface area contributed by atoms with Crippen molar-refractivity contribution in [3.63, 3.8) is 0 Å². The van der Waals surface area contributed by atoms with Crippen molar-refractivity contribution in [2.75, 3.05) is 5.32 Å². The topological polar surface area (TPSA) is 24.9 Å². The Hall–Kier alpha value is -1.55. The maximum atomic E-state index is 6.18. The fraction of sp³-hybridized carbons (Fsp3) is 0.0625. The largest absolute Gasteiger partial charge is 0.329 e. The highest BCUT2D eigenvalue weighted by Crippen LogP contribution is 2.42. The van der Waals surface area contributed by atoms with Crippen molar-refractivity contribution >= 4 is 45.4 Å². The summed E-state index contributed by atoms with van der Waals surface area (Å²) in [7, 11) is 0. The van der Waals surface area contributed by atoms with Gasteiger partial charge < -0.3 is 5.32 Å². The maximum Gasteiger partial charge on any atom is 0.188 e. The first-order chi connectivity index (χ1) is 10.2. The summed E-state index contributed by atoms with van der Waals surface area (Å²) in [6.45, 7) is 0. The summed E-state index contributed by atoms with van der Waals surface area (Å²) < 4.78 is 0. The van der Waals surface area contributed by atoms with Gasteiger partial charge in [0.15, 0.2) is 5.13 Å². The zero-order valence-electron chi connectivity index (χ0n) is 10.9. The number of rotatable bonds is 2. The monoisotopic (exact) mass is 332 g/mol. The van der Waals surface area contributed by atoms with Crippen molar-refractivity contribution in [1.82, 2.24) is 4.98 Å². The number of nitrogens with zero attached hydrogens (tertiary/aromatic N) is 1. The average molecular weight is 333 g/mol. The molecule has 0 fully saturated rings. The lowest BCUT2D eigenvalue weighted by Gasteiger charge is -2.07. The molecule has 0 bridgehead atoms. The van der Waals surface area contributed by atoms with Gasteiger partial charge in [-0.05, 0) is 17.7 Å². The Balaban J connectivity index is 1.72. The summed E-state index contributed by atoms with van der Waals surface area (Å²) in [5, 5.41) is 5.26. The molecule has 1 aliphatic rings. The molecule has 0 unspecified atom stereocenters. The second-order valence-corrected chi connectivity index (χ2v) is 6.74. The van der Waals surface area contributed by atoms with Crippen molar-refractivity contribution in [1.29, 1.82) is 0 Å². The minimum absolute atomic E-state index is 0.596. The van der Waals surface area contributed by atoms with Crippen molar-refractivity contribution in [2.45, 2.75) is 6.42 Å². The first kappa shape index (κ1) is 13.1. The Kier molecular flexibility index (Phi) is 3.14. The minimum atomic E-state index is 0.596. The molecule has 1 heterocycles. The second-order valence-electron chi connectivity index (χ2n) is 4.85. The quantitative estimate of drug-likeness (QED) is 0.504. The van der Waals surface area contributed by atoms with Crippen molar-refractivity contribution in [2.24, 2.45) is 0 Å². The van der Waals surface area contributed by atoms with Crippen molar-refractivity contribution < 1.29 is 0 Å². The third-order valence-corrected chi connectivity index (χ3v) is 5.12. The van der Waals surface area contributed by atoms with Gasteiger partial charge in [0.25, 0.3) is 0 Å². The van der Waals surface area contributed by atoms with E-state index in [0.29, 0.717) is 15.7 Å². The van der Waals surface area contributed by atoms with E-state index in [2.05, 4.69) is 23.5 Å². The summed E-state index contributed by atoms with van der Waals surface area (Å²) in [5.74, 6) is 0. The fourth-order valence-electron chi connectivity index (χ4n) is 2.54. The molecule has 21 heavy (non-hydrogen) atoms. The molecule has 0 aliphatic heterocycles. The number of fused-ring (bicyclic) bond motifs is 3. The van der Waals surface area contributed by atoms with Crippen LogP contribution in [0.5, 0.6) is 0 Å². The SMILES string of the molecule is Clc1cccc(Cl)c1Nc1nc2c(s1)Cc1ccccc1-2. The van der Waals surface area contributed by atoms with E-state index in [4.69, 9.17) is 28.2 Å². The first-order valence-electron chi connectivity index (χ1n) is 6.51. The van der Waals surface area contributed by atoms with Gasteiger partial charge >= 0.3 is 0 Å². The molecule has 0 atom stereocenters. The third-order valence-electron chi connectivity index (χ3n) is 3.52. The Morgan fingerprint density at radius 1 is 1.00 bits per heavy atom. The maximum absolute atomic E-state index is 6.18. The third kappa shape index (κ3) is 2.22. The molecule has 1 N–H and O–H groups in total. The molecule has 2 nitrogen and oxygen atoms in total. The van der Waals surface area contributed by atoms with Crippen LogP contribution < -0.4 is 5.32 Å². The van der Waals surface area contributed by atoms with E-state index in [0.717, 1.165) is 17.2 Å². The van der Waals surface area contributed by atoms with E-state index in [9.17, 15) is 0 Å². The number of anilines is 2. The summed E-state index contributed by atoms with van der Waals surface area (Å²) in [5.41, 5.74) is 4.35. The van der Waals surface area contributed by atoms with Gasteiger partial charge in [-0.25, -0.2) is 4.98 Å². The molecular weight excluding hydrogens is 323 g/mol. The van der Waals surface area contributed by atoms with Crippen LogP contribution in [-0.4, -0.2) is 4.98 Å². The first-order valence-corrected chi connectivity index (χ1v) is 8.08. The molecule has 104 valence electrons. The van der Waals surface area contributed by atoms with Crippen molar-refractivity contribution in [3.8, 4) is 11.3 Å². The van der Waals surface area contributed by atoms with Crippen LogP contribution in [0.15, 0.2) is 42.5 Å². The highest BCUT2D eigenvalue weighted by atomic mass is 35.5. The predicted octanol–water partition coefficient (Wildman–Crippen LogP) is 5.76. The molecule has 0 saturated heterocycles. The van der Waals surface area contributed by atoms with E-state index in [1.807, 2.05) is 24.3 Å². The number of nitrogens with one attached hydrogen (secondary N) is 1. The van der Waals surface area contributed by atoms with Crippen LogP contribution in [0.2, 0.25) is 10.0 Å². The van der Waals surface area contributed by atoms with Gasteiger partial charge in [-0.1, -0.05) is 53.5 Å². The van der Waals surface area contributed by atoms with Gasteiger partial charge in [0.05, 0.1) is 21.4 Å². The normalized spacial score (nSPS) is 12.1. The number of benzene rings is 2. The Morgan fingerprint density at radius 3 is 2.57 bits per heavy atom. The van der Waals surface area contributed by atoms with Gasteiger partial charge in [-0.3, -0.25) is 0 Å². The lowest BCUT2D eigenvalue weighted by Crippen LogP contribution is -1.92. The van der Waals surface area contributed by atoms with Gasteiger partial charge in [0, 0.05) is 16.9 Å². The molecule has 0 radical (unpaired) electrons. The van der Waals surface area contributed by atoms with Gasteiger partial charge in [0.1, 0.15) is 0 Å². The smallest absolute Gasteiger partial charge is 0.188 e. The lowest BCUT2D eigenvalue weighted by molar-refractivity contribution is 1.31. The summed E-state index contributed by atoms with van der Waals surface area (Å²) in [6.07, 6.45) is 0.946. The molecule has 1 aromatic heterocycles. The molecule has 0 amide bonds. The molecule has 5 heteroatoms. The predicted molar refractivity (Wildman–Crippen MR) is 90.1 cm³/mol. The Labute approximate surface area is 136 Å². The fourth-order valence-corrected chi connectivity index (χ4v) is 4.03. The highest BCUT2D eigenvalue weighted by molar-refractivity contribution is 7.16. The van der Waals surface area contributed by atoms with Crippen molar-refractivity contribution in [3.05, 3.63) is 63.0 Å². The van der Waals surface area contributed by atoms with E-state index in [-0.39, 0.29) is 0 Å². The molecule has 2 aromatic carbocycles. The van der Waals surface area contributed by atoms with Crippen LogP contribution in [0.4, 0.5) is 10.8 Å². The summed E-state index contributed by atoms with van der Waals surface area (Å²) >= 11 is 14.0. The standard InChI is InChI=1S/C16H10Cl2N2S/c17-11-6-3-7-12(18)15(11)20-16-19-14-10-5-2-1-4-9(10)8-13(14)21-16/h1-7H,8H2,(H,19,20). The molecule has 0 saturated carbocycles. The molecule has 3 aromatic rings. The summed E-state index contributed by atoms with van der Waals surface area (Å²) in [6, 6.07) is 13.8. The summed E-state index contributed by atoms with van der Waals surface area (Å²) in [4.78, 5) is 5.98. The number of halogens is 2. The zero-order chi connectivity index (χ0) is 14.4. The van der Waals surface area contributed by atoms with E-state index in [1.165, 1.54) is 16.0 Å². The van der Waals surface area contributed by atoms with Gasteiger partial charge in [-0.2, -0.15) is 0 Å². The molecule has 0 spiro atoms. The van der Waals surface area contributed by atoms with Gasteiger partial charge in [-0.15, -0.1) is 11.3 Å². The van der Waals surface area contributed by atoms with Crippen LogP contribution in [0.1, 0.15) is 10.4 Å². The number of para-hydroxylation sites is 1. The van der Waals surface area contributed by atoms with E-state index >= 15 is 0 Å². The molecular formula is C16H10Cl2N2S. The number of hydrogen-bond acceptors (Lipinski definition) is 3. The molecule has 1 aliphatic carbocycles. The Morgan fingerprint density at radius 2 is 1.76 bits per heavy atom. The van der Waals surface area contributed by atoms with Crippen LogP contribution in [0.25, 0.3) is 11.3 Å². The van der Waals surface area contributed by atoms with E-state index < -0.39 is 0 Å². The zero-order valence-corrected chi connectivity index (χ0v) is 13.2. The average Bonchev–Trinajstić information content (AvgIpc) is 3.00. The number of hydrogen-bond donors (Lipinski definition) is 1. The van der Waals surface area contributed by atoms with Gasteiger partial charge in [0.2, 0.25) is 0 Å². The van der Waals surface area contributed by atoms with Crippen LogP contribution >= 0.6 is 34.5 Å². The van der Waals surface area contributed by atoms with Crippen LogP contribution in [0, 0.1) is 0 Å². The number of thiazole rings is 1. The molecule has 4 rings (SSSR count). The number of aromatic nitrogens is 1. The Bertz CT molecular complexity index is 822. The van der Waals surface area contributed by atoms with Crippen LogP contribution in [-0.2, 0) is 6.42 Å². The van der Waals surface area contributed by atoms with E-state index in [1.54, 1.807) is 11.3 Å². The lowest BCUT2D eigenvalue weighted by atomic mass is 10.1. The minimum Gasteiger partial charge on any atom is -0.329 e.